The van der Waals surface area contributed by atoms with Crippen molar-refractivity contribution in [2.45, 2.75) is 83.1 Å². The van der Waals surface area contributed by atoms with Crippen LogP contribution in [0.25, 0.3) is 119 Å². The number of hydrogen-bond acceptors (Lipinski definition) is 0. The van der Waals surface area contributed by atoms with Gasteiger partial charge in [0.2, 0.25) is 0 Å². The van der Waals surface area contributed by atoms with E-state index in [1.807, 2.05) is 0 Å². The summed E-state index contributed by atoms with van der Waals surface area (Å²) in [7, 11) is 0. The first kappa shape index (κ1) is 63.5. The van der Waals surface area contributed by atoms with Crippen LogP contribution in [0.15, 0.2) is 291 Å². The normalized spacial score (nSPS) is 11.0. The van der Waals surface area contributed by atoms with Crippen LogP contribution < -0.4 is 0 Å². The Hall–Kier alpha value is -10.7. The first-order valence-electron chi connectivity index (χ1n) is 33.1. The Morgan fingerprint density at radius 1 is 0.138 bits per heavy atom. The van der Waals surface area contributed by atoms with Crippen molar-refractivity contribution in [3.8, 4) is 11.1 Å². The minimum absolute atomic E-state index is 1.29. The van der Waals surface area contributed by atoms with Gasteiger partial charge in [0.25, 0.3) is 0 Å². The van der Waals surface area contributed by atoms with Crippen LogP contribution in [-0.4, -0.2) is 0 Å². The molecule has 0 heteroatoms. The van der Waals surface area contributed by atoms with Crippen molar-refractivity contribution in [3.05, 3.63) is 358 Å². The van der Waals surface area contributed by atoms with Crippen LogP contribution in [0.2, 0.25) is 0 Å². The third-order valence-corrected chi connectivity index (χ3v) is 18.6. The van der Waals surface area contributed by atoms with Crippen molar-refractivity contribution in [1.29, 1.82) is 0 Å². The van der Waals surface area contributed by atoms with Gasteiger partial charge in [-0.15, -0.1) is 0 Å². The molecule has 0 radical (unpaired) electrons. The molecule has 0 bridgehead atoms. The Morgan fingerprint density at radius 3 is 0.777 bits per heavy atom. The fourth-order valence-electron chi connectivity index (χ4n) is 12.9. The molecule has 0 aromatic heterocycles. The monoisotopic (exact) mass is 1210 g/mol. The molecule has 0 aliphatic heterocycles. The lowest BCUT2D eigenvalue weighted by atomic mass is 9.97. The summed E-state index contributed by atoms with van der Waals surface area (Å²) < 4.78 is 0. The standard InChI is InChI=1S/5C16H14.C14H14/c1-11-3-5-13-10-16-8-12(2)4-6-14(16)9-15(13)7-11;1-11-3-5-13-9-14-6-4-12(2)8-16(14)10-15(13)7-11;1-11-7-15-9-13-5-3-4-6-14(13)10-16(15)8-12(11)2;1-11-7-8-12(2)16-10-14-6-4-3-5-13(14)9-15(11)16;1-11-7-8-16-12(2)15-6-4-3-5-13(15)10-14(16)9-11;1-11-3-7-13(8-4-11)14-9-5-12(2)6-10-14/h5*3-10H,1-2H3;3-10H,1-2H3. The van der Waals surface area contributed by atoms with E-state index in [1.165, 1.54) is 186 Å². The fraction of sp³-hybridized carbons (Fsp3) is 0.128. The van der Waals surface area contributed by atoms with Gasteiger partial charge in [0.15, 0.2) is 0 Å². The zero-order valence-corrected chi connectivity index (χ0v) is 56.7. The summed E-state index contributed by atoms with van der Waals surface area (Å²) in [6, 6.07) is 106. The lowest BCUT2D eigenvalue weighted by Gasteiger charge is -2.08. The van der Waals surface area contributed by atoms with E-state index in [0.29, 0.717) is 0 Å². The maximum atomic E-state index is 2.30. The first-order chi connectivity index (χ1) is 45.4. The molecule has 0 spiro atoms. The van der Waals surface area contributed by atoms with E-state index in [9.17, 15) is 0 Å². The molecule has 0 heterocycles. The molecule has 94 heavy (non-hydrogen) atoms. The second kappa shape index (κ2) is 28.1. The van der Waals surface area contributed by atoms with Crippen LogP contribution in [0.3, 0.4) is 0 Å². The molecule has 460 valence electrons. The molecule has 17 rings (SSSR count). The maximum Gasteiger partial charge on any atom is -0.0146 e. The van der Waals surface area contributed by atoms with Crippen molar-refractivity contribution in [3.63, 3.8) is 0 Å². The average Bonchev–Trinajstić information content (AvgIpc) is 0.835. The van der Waals surface area contributed by atoms with Gasteiger partial charge in [-0.1, -0.05) is 276 Å². The van der Waals surface area contributed by atoms with Gasteiger partial charge in [-0.2, -0.15) is 0 Å². The van der Waals surface area contributed by atoms with Gasteiger partial charge in [0, 0.05) is 0 Å². The molecular formula is C94H84. The highest BCUT2D eigenvalue weighted by atomic mass is 14.1. The quantitative estimate of drug-likeness (QED) is 0.144. The molecular weight excluding hydrogens is 1130 g/mol. The van der Waals surface area contributed by atoms with Crippen LogP contribution in [-0.2, 0) is 0 Å². The van der Waals surface area contributed by atoms with E-state index < -0.39 is 0 Å². The third-order valence-electron chi connectivity index (χ3n) is 18.6. The fourth-order valence-corrected chi connectivity index (χ4v) is 12.9. The van der Waals surface area contributed by atoms with Gasteiger partial charge in [0.1, 0.15) is 0 Å². The van der Waals surface area contributed by atoms with Crippen molar-refractivity contribution >= 4 is 108 Å². The van der Waals surface area contributed by atoms with Gasteiger partial charge < -0.3 is 0 Å². The van der Waals surface area contributed by atoms with Gasteiger partial charge in [-0.25, -0.2) is 0 Å². The molecule has 0 aliphatic carbocycles. The summed E-state index contributed by atoms with van der Waals surface area (Å²) in [4.78, 5) is 0. The zero-order chi connectivity index (χ0) is 65.6. The largest absolute Gasteiger partial charge is 0.0616 e. The Morgan fingerprint density at radius 2 is 0.394 bits per heavy atom. The Kier molecular flexibility index (Phi) is 19.0. The topological polar surface area (TPSA) is 0 Å². The van der Waals surface area contributed by atoms with Crippen LogP contribution in [0.1, 0.15) is 66.8 Å². The highest BCUT2D eigenvalue weighted by Gasteiger charge is 2.07. The molecule has 0 fully saturated rings. The molecule has 0 aliphatic rings. The van der Waals surface area contributed by atoms with Gasteiger partial charge >= 0.3 is 0 Å². The number of hydrogen-bond donors (Lipinski definition) is 0. The number of benzene rings is 17. The number of rotatable bonds is 1. The second-order valence-corrected chi connectivity index (χ2v) is 26.2. The molecule has 0 saturated heterocycles. The minimum Gasteiger partial charge on any atom is -0.0616 e. The molecule has 0 N–H and O–H groups in total. The summed E-state index contributed by atoms with van der Waals surface area (Å²) in [5, 5.41) is 26.7. The smallest absolute Gasteiger partial charge is 0.0146 e. The predicted octanol–water partition coefficient (Wildman–Crippen LogP) is 27.0. The van der Waals surface area contributed by atoms with Crippen LogP contribution in [0.4, 0.5) is 0 Å². The second-order valence-electron chi connectivity index (χ2n) is 26.2. The maximum absolute atomic E-state index is 2.30. The van der Waals surface area contributed by atoms with Crippen molar-refractivity contribution in [2.24, 2.45) is 0 Å². The molecule has 17 aromatic rings. The summed E-state index contributed by atoms with van der Waals surface area (Å²) >= 11 is 0. The zero-order valence-electron chi connectivity index (χ0n) is 56.7. The molecule has 0 saturated carbocycles. The van der Waals surface area contributed by atoms with E-state index in [4.69, 9.17) is 0 Å². The van der Waals surface area contributed by atoms with Gasteiger partial charge in [-0.3, -0.25) is 0 Å². The summed E-state index contributed by atoms with van der Waals surface area (Å²) in [6.07, 6.45) is 0. The van der Waals surface area contributed by atoms with E-state index in [2.05, 4.69) is 374 Å². The first-order valence-corrected chi connectivity index (χ1v) is 33.1. The summed E-state index contributed by atoms with van der Waals surface area (Å²) in [5.74, 6) is 0. The Balaban J connectivity index is 0.000000108. The Bertz CT molecular complexity index is 5320. The van der Waals surface area contributed by atoms with Crippen molar-refractivity contribution < 1.29 is 0 Å². The average molecular weight is 1210 g/mol. The Labute approximate surface area is 556 Å². The highest BCUT2D eigenvalue weighted by molar-refractivity contribution is 6.04. The van der Waals surface area contributed by atoms with E-state index in [1.54, 1.807) is 0 Å². The van der Waals surface area contributed by atoms with E-state index in [0.717, 1.165) is 0 Å². The van der Waals surface area contributed by atoms with Crippen LogP contribution in [0, 0.1) is 83.1 Å². The van der Waals surface area contributed by atoms with Crippen molar-refractivity contribution in [1.82, 2.24) is 0 Å². The predicted molar refractivity (Wildman–Crippen MR) is 416 cm³/mol. The van der Waals surface area contributed by atoms with E-state index >= 15 is 0 Å². The molecule has 0 atom stereocenters. The van der Waals surface area contributed by atoms with Gasteiger partial charge in [0.05, 0.1) is 0 Å². The van der Waals surface area contributed by atoms with Gasteiger partial charge in [-0.05, 0) is 284 Å². The molecule has 17 aromatic carbocycles. The number of fused-ring (bicyclic) bond motifs is 10. The molecule has 0 nitrogen and oxygen atoms in total. The van der Waals surface area contributed by atoms with E-state index in [-0.39, 0.29) is 0 Å². The highest BCUT2D eigenvalue weighted by Crippen LogP contribution is 2.32. The summed E-state index contributed by atoms with van der Waals surface area (Å²) in [5.41, 5.74) is 18.6. The summed E-state index contributed by atoms with van der Waals surface area (Å²) in [6.45, 7) is 25.8. The van der Waals surface area contributed by atoms with Crippen molar-refractivity contribution in [2.75, 3.05) is 0 Å². The lowest BCUT2D eigenvalue weighted by molar-refractivity contribution is 1.37. The molecule has 0 unspecified atom stereocenters. The SMILES string of the molecule is Cc1cc2cc3ccccc3cc2cc1C.Cc1ccc(-c2ccc(C)cc2)cc1.Cc1ccc(C)c2cc3ccccc3cc12.Cc1ccc2c(C)c3ccccc3cc2c1.Cc1ccc2cc3cc(C)ccc3cc2c1.Cc1ccc2cc3ccc(C)cc3cc2c1. The van der Waals surface area contributed by atoms with Crippen LogP contribution >= 0.6 is 0 Å². The minimum atomic E-state index is 1.29. The lowest BCUT2D eigenvalue weighted by Crippen LogP contribution is -1.83. The van der Waals surface area contributed by atoms with Crippen LogP contribution in [0.5, 0.6) is 0 Å². The third kappa shape index (κ3) is 14.8. The number of aryl methyl sites for hydroxylation is 12. The molecule has 0 amide bonds.